The molecule has 0 spiro atoms. The highest BCUT2D eigenvalue weighted by Gasteiger charge is 2.63. The van der Waals surface area contributed by atoms with Crippen LogP contribution in [0.25, 0.3) is 0 Å². The Kier molecular flexibility index (Phi) is 1.76. The Hall–Kier alpha value is -0.910. The molecule has 0 aromatic rings. The first-order valence-corrected chi connectivity index (χ1v) is 5.53. The van der Waals surface area contributed by atoms with Gasteiger partial charge < -0.3 is 10.0 Å². The second-order valence-electron chi connectivity index (χ2n) is 4.10. The number of hydrogen-bond donors (Lipinski definition) is 1. The zero-order valence-electron chi connectivity index (χ0n) is 7.89. The lowest BCUT2D eigenvalue weighted by atomic mass is 9.98. The van der Waals surface area contributed by atoms with Crippen LogP contribution in [0.15, 0.2) is 0 Å². The average Bonchev–Trinajstić information content (AvgIpc) is 2.21. The van der Waals surface area contributed by atoms with Crippen molar-refractivity contribution in [3.05, 3.63) is 0 Å². The number of carboxylic acids is 1. The summed E-state index contributed by atoms with van der Waals surface area (Å²) in [7, 11) is -1.27. The molecule has 5 nitrogen and oxygen atoms in total. The fourth-order valence-corrected chi connectivity index (χ4v) is 3.98. The number of rotatable bonds is 1. The molecule has 0 aromatic carbocycles. The highest BCUT2D eigenvalue weighted by atomic mass is 32.2. The number of carbonyl (C=O) groups excluding carboxylic acids is 1. The van der Waals surface area contributed by atoms with E-state index in [2.05, 4.69) is 0 Å². The van der Waals surface area contributed by atoms with Crippen molar-refractivity contribution >= 4 is 22.7 Å². The minimum absolute atomic E-state index is 0.207. The number of carboxylic acid groups (broad SMARTS) is 1. The second kappa shape index (κ2) is 2.56. The van der Waals surface area contributed by atoms with Crippen LogP contribution in [0.4, 0.5) is 0 Å². The van der Waals surface area contributed by atoms with Gasteiger partial charge in [-0.05, 0) is 13.8 Å². The number of β-lactam (4-membered cyclic amide) rings is 1. The summed E-state index contributed by atoms with van der Waals surface area (Å²) in [5, 5.41) is 8.60. The summed E-state index contributed by atoms with van der Waals surface area (Å²) in [6.07, 6.45) is 0.222. The van der Waals surface area contributed by atoms with Gasteiger partial charge in [0.05, 0.1) is 22.0 Å². The summed E-state index contributed by atoms with van der Waals surface area (Å²) in [6, 6.07) is -0.936. The fourth-order valence-electron chi connectivity index (χ4n) is 2.10. The van der Waals surface area contributed by atoms with Crippen LogP contribution in [0.2, 0.25) is 0 Å². The van der Waals surface area contributed by atoms with Gasteiger partial charge >= 0.3 is 5.97 Å². The van der Waals surface area contributed by atoms with Gasteiger partial charge in [0.2, 0.25) is 5.91 Å². The van der Waals surface area contributed by atoms with Crippen molar-refractivity contribution < 1.29 is 18.9 Å². The normalized spacial score (nSPS) is 39.1. The van der Waals surface area contributed by atoms with Crippen molar-refractivity contribution in [1.29, 1.82) is 0 Å². The Labute approximate surface area is 83.5 Å². The molecule has 1 N–H and O–H groups in total. The molecule has 2 unspecified atom stereocenters. The molecule has 1 amide bonds. The predicted octanol–water partition coefficient (Wildman–Crippen LogP) is -0.461. The van der Waals surface area contributed by atoms with Gasteiger partial charge in [0, 0.05) is 0 Å². The Morgan fingerprint density at radius 1 is 1.64 bits per heavy atom. The van der Waals surface area contributed by atoms with E-state index in [0.29, 0.717) is 0 Å². The van der Waals surface area contributed by atoms with Crippen molar-refractivity contribution in [3.8, 4) is 0 Å². The molecule has 6 heteroatoms. The zero-order chi connectivity index (χ0) is 10.7. The molecule has 0 aliphatic carbocycles. The molecule has 14 heavy (non-hydrogen) atoms. The van der Waals surface area contributed by atoms with Crippen LogP contribution >= 0.6 is 0 Å². The summed E-state index contributed by atoms with van der Waals surface area (Å²) >= 11 is 0. The standard InChI is InChI=1S/C8H11NO4S/c1-8(2)6(7(11)12)9-4(10)3-5(9)14(8)13/h5-6H,3H2,1-2H3,(H,11,12)/t5?,6-,14?/m0/s1. The molecule has 3 atom stereocenters. The summed E-state index contributed by atoms with van der Waals surface area (Å²) in [6.45, 7) is 3.26. The maximum absolute atomic E-state index is 11.8. The van der Waals surface area contributed by atoms with Gasteiger partial charge in [-0.3, -0.25) is 9.00 Å². The zero-order valence-corrected chi connectivity index (χ0v) is 8.71. The van der Waals surface area contributed by atoms with Crippen LogP contribution in [0.5, 0.6) is 0 Å². The molecule has 2 fully saturated rings. The lowest BCUT2D eigenvalue weighted by molar-refractivity contribution is -0.157. The molecule has 2 saturated heterocycles. The van der Waals surface area contributed by atoms with Crippen LogP contribution in [0.1, 0.15) is 20.3 Å². The van der Waals surface area contributed by atoms with Crippen molar-refractivity contribution in [2.24, 2.45) is 0 Å². The lowest BCUT2D eigenvalue weighted by Gasteiger charge is -2.35. The number of nitrogens with zero attached hydrogens (tertiary/aromatic N) is 1. The third kappa shape index (κ3) is 0.917. The quantitative estimate of drug-likeness (QED) is 0.603. The molecule has 0 aromatic heterocycles. The van der Waals surface area contributed by atoms with Crippen molar-refractivity contribution in [3.63, 3.8) is 0 Å². The molecule has 2 aliphatic rings. The van der Waals surface area contributed by atoms with Gasteiger partial charge in [0.15, 0.2) is 0 Å². The van der Waals surface area contributed by atoms with Crippen LogP contribution in [-0.4, -0.2) is 42.3 Å². The van der Waals surface area contributed by atoms with E-state index in [1.165, 1.54) is 4.90 Å². The SMILES string of the molecule is CC1(C)[C@H](C(=O)O)N2C(=O)CC2S1=O. The Morgan fingerprint density at radius 2 is 2.21 bits per heavy atom. The first-order chi connectivity index (χ1) is 6.37. The third-order valence-corrected chi connectivity index (χ3v) is 5.03. The molecule has 2 aliphatic heterocycles. The van der Waals surface area contributed by atoms with Crippen LogP contribution in [0.3, 0.4) is 0 Å². The van der Waals surface area contributed by atoms with Crippen molar-refractivity contribution in [2.75, 3.05) is 0 Å². The number of amides is 1. The topological polar surface area (TPSA) is 74.7 Å². The van der Waals surface area contributed by atoms with Crippen LogP contribution in [-0.2, 0) is 20.4 Å². The fraction of sp³-hybridized carbons (Fsp3) is 0.750. The van der Waals surface area contributed by atoms with Crippen molar-refractivity contribution in [1.82, 2.24) is 4.90 Å². The summed E-state index contributed by atoms with van der Waals surface area (Å²) in [4.78, 5) is 23.4. The Bertz CT molecular complexity index is 351. The highest BCUT2D eigenvalue weighted by Crippen LogP contribution is 2.42. The number of hydrogen-bond acceptors (Lipinski definition) is 3. The van der Waals surface area contributed by atoms with Crippen molar-refractivity contribution in [2.45, 2.75) is 36.4 Å². The summed E-state index contributed by atoms with van der Waals surface area (Å²) in [5.74, 6) is -1.28. The molecule has 78 valence electrons. The molecular formula is C8H11NO4S. The monoisotopic (exact) mass is 217 g/mol. The van der Waals surface area contributed by atoms with E-state index in [1.807, 2.05) is 0 Å². The summed E-state index contributed by atoms with van der Waals surface area (Å²) in [5.41, 5.74) is 0. The lowest BCUT2D eigenvalue weighted by Crippen LogP contribution is -2.56. The second-order valence-corrected chi connectivity index (χ2v) is 6.29. The highest BCUT2D eigenvalue weighted by molar-refractivity contribution is 7.87. The molecule has 2 rings (SSSR count). The minimum atomic E-state index is -1.27. The summed E-state index contributed by atoms with van der Waals surface area (Å²) < 4.78 is 11.0. The molecular weight excluding hydrogens is 206 g/mol. The Balaban J connectivity index is 2.43. The van der Waals surface area contributed by atoms with Gasteiger partial charge in [-0.15, -0.1) is 0 Å². The van der Waals surface area contributed by atoms with Gasteiger partial charge in [0.1, 0.15) is 11.4 Å². The number of fused-ring (bicyclic) bond motifs is 1. The van der Waals surface area contributed by atoms with Crippen LogP contribution < -0.4 is 0 Å². The first-order valence-electron chi connectivity index (χ1n) is 4.32. The van der Waals surface area contributed by atoms with Gasteiger partial charge in [0.25, 0.3) is 0 Å². The van der Waals surface area contributed by atoms with E-state index >= 15 is 0 Å². The van der Waals surface area contributed by atoms with Crippen LogP contribution in [0, 0.1) is 0 Å². The van der Waals surface area contributed by atoms with Gasteiger partial charge in [-0.1, -0.05) is 0 Å². The van der Waals surface area contributed by atoms with Gasteiger partial charge in [-0.2, -0.15) is 0 Å². The predicted molar refractivity (Wildman–Crippen MR) is 48.9 cm³/mol. The van der Waals surface area contributed by atoms with Gasteiger partial charge in [-0.25, -0.2) is 4.79 Å². The minimum Gasteiger partial charge on any atom is -0.480 e. The molecule has 0 bridgehead atoms. The average molecular weight is 217 g/mol. The van der Waals surface area contributed by atoms with E-state index in [4.69, 9.17) is 5.11 Å². The number of carbonyl (C=O) groups is 2. The van der Waals surface area contributed by atoms with E-state index in [-0.39, 0.29) is 17.7 Å². The largest absolute Gasteiger partial charge is 0.480 e. The molecule has 2 heterocycles. The van der Waals surface area contributed by atoms with E-state index < -0.39 is 27.6 Å². The molecule has 0 radical (unpaired) electrons. The number of aliphatic carboxylic acids is 1. The molecule has 0 saturated carbocycles. The van der Waals surface area contributed by atoms with E-state index in [0.717, 1.165) is 0 Å². The van der Waals surface area contributed by atoms with E-state index in [9.17, 15) is 13.8 Å². The Morgan fingerprint density at radius 3 is 2.57 bits per heavy atom. The van der Waals surface area contributed by atoms with E-state index in [1.54, 1.807) is 13.8 Å². The maximum atomic E-state index is 11.8. The third-order valence-electron chi connectivity index (χ3n) is 2.88. The first kappa shape index (κ1) is 9.64. The maximum Gasteiger partial charge on any atom is 0.327 e. The smallest absolute Gasteiger partial charge is 0.327 e.